The number of nitrogens with one attached hydrogen (secondary N) is 2. The highest BCUT2D eigenvalue weighted by Crippen LogP contribution is 2.16. The molecule has 2 aromatic rings. The number of nitrogens with zero attached hydrogens (tertiary/aromatic N) is 6. The largest absolute Gasteiger partial charge is 0.379 e. The number of aromatic nitrogens is 4. The molecule has 1 aliphatic rings. The fraction of sp³-hybridized carbons (Fsp3) is 0.700. The highest BCUT2D eigenvalue weighted by Gasteiger charge is 2.10. The minimum Gasteiger partial charge on any atom is -0.379 e. The Kier molecular flexibility index (Phi) is 11.1. The number of guanidine groups is 1. The van der Waals surface area contributed by atoms with E-state index in [1.807, 2.05) is 18.5 Å². The van der Waals surface area contributed by atoms with Crippen LogP contribution in [0, 0.1) is 20.8 Å². The van der Waals surface area contributed by atoms with E-state index in [0.717, 1.165) is 87.1 Å². The van der Waals surface area contributed by atoms with E-state index in [2.05, 4.69) is 44.6 Å². The van der Waals surface area contributed by atoms with Crippen LogP contribution >= 0.6 is 35.3 Å². The second-order valence-electron chi connectivity index (χ2n) is 7.55. The first-order valence-corrected chi connectivity index (χ1v) is 11.4. The van der Waals surface area contributed by atoms with Gasteiger partial charge >= 0.3 is 0 Å². The molecule has 3 heterocycles. The quantitative estimate of drug-likeness (QED) is 0.209. The van der Waals surface area contributed by atoms with Crippen molar-refractivity contribution in [2.24, 2.45) is 12.0 Å². The summed E-state index contributed by atoms with van der Waals surface area (Å²) in [6, 6.07) is 0. The van der Waals surface area contributed by atoms with E-state index in [-0.39, 0.29) is 24.0 Å². The molecule has 31 heavy (non-hydrogen) atoms. The molecule has 0 amide bonds. The van der Waals surface area contributed by atoms with Gasteiger partial charge in [0.15, 0.2) is 11.8 Å². The molecule has 0 aromatic carbocycles. The van der Waals surface area contributed by atoms with E-state index in [1.54, 1.807) is 11.3 Å². The van der Waals surface area contributed by atoms with Crippen LogP contribution in [-0.4, -0.2) is 76.5 Å². The van der Waals surface area contributed by atoms with Gasteiger partial charge in [-0.3, -0.25) is 4.90 Å². The number of aliphatic imine (C=N–C) groups is 1. The molecule has 9 nitrogen and oxygen atoms in total. The molecular weight excluding hydrogens is 527 g/mol. The SMILES string of the molecule is Cc1nc(CCNC(=NCc2nnc(C)n2C)NCCCN2CCOCC2)sc1C.I. The van der Waals surface area contributed by atoms with Gasteiger partial charge in [0.2, 0.25) is 0 Å². The Bertz CT molecular complexity index is 812. The number of aryl methyl sites for hydroxylation is 3. The van der Waals surface area contributed by atoms with Gasteiger partial charge in [-0.05, 0) is 33.7 Å². The molecule has 0 radical (unpaired) electrons. The van der Waals surface area contributed by atoms with Crippen LogP contribution in [-0.2, 0) is 24.8 Å². The lowest BCUT2D eigenvalue weighted by Gasteiger charge is -2.26. The van der Waals surface area contributed by atoms with Crippen molar-refractivity contribution in [1.29, 1.82) is 0 Å². The number of thiazole rings is 1. The first kappa shape index (κ1) is 25.9. The maximum Gasteiger partial charge on any atom is 0.191 e. The molecule has 2 N–H and O–H groups in total. The third-order valence-corrected chi connectivity index (χ3v) is 6.45. The summed E-state index contributed by atoms with van der Waals surface area (Å²) in [5.41, 5.74) is 1.13. The normalized spacial score (nSPS) is 15.0. The van der Waals surface area contributed by atoms with Crippen molar-refractivity contribution in [3.8, 4) is 0 Å². The molecule has 0 saturated carbocycles. The minimum absolute atomic E-state index is 0. The van der Waals surface area contributed by atoms with Crippen molar-refractivity contribution in [2.75, 3.05) is 45.9 Å². The maximum atomic E-state index is 5.42. The smallest absolute Gasteiger partial charge is 0.191 e. The van der Waals surface area contributed by atoms with E-state index < -0.39 is 0 Å². The molecule has 0 bridgehead atoms. The highest BCUT2D eigenvalue weighted by atomic mass is 127. The van der Waals surface area contributed by atoms with Crippen molar-refractivity contribution in [3.63, 3.8) is 0 Å². The summed E-state index contributed by atoms with van der Waals surface area (Å²) >= 11 is 1.77. The van der Waals surface area contributed by atoms with Crippen LogP contribution in [0.4, 0.5) is 0 Å². The molecule has 0 aliphatic carbocycles. The zero-order chi connectivity index (χ0) is 21.3. The molecule has 2 aromatic heterocycles. The Labute approximate surface area is 206 Å². The summed E-state index contributed by atoms with van der Waals surface area (Å²) in [6.45, 7) is 13.1. The van der Waals surface area contributed by atoms with Crippen LogP contribution < -0.4 is 10.6 Å². The summed E-state index contributed by atoms with van der Waals surface area (Å²) in [5, 5.41) is 16.4. The van der Waals surface area contributed by atoms with Crippen molar-refractivity contribution in [1.82, 2.24) is 35.3 Å². The number of halogens is 1. The second-order valence-corrected chi connectivity index (χ2v) is 8.84. The summed E-state index contributed by atoms with van der Waals surface area (Å²) < 4.78 is 7.39. The predicted molar refractivity (Wildman–Crippen MR) is 135 cm³/mol. The molecule has 1 saturated heterocycles. The number of morpholine rings is 1. The summed E-state index contributed by atoms with van der Waals surface area (Å²) in [7, 11) is 1.97. The first-order valence-electron chi connectivity index (χ1n) is 10.6. The Hall–Kier alpha value is -1.31. The van der Waals surface area contributed by atoms with Crippen molar-refractivity contribution in [2.45, 2.75) is 40.2 Å². The predicted octanol–water partition coefficient (Wildman–Crippen LogP) is 1.82. The fourth-order valence-electron chi connectivity index (χ4n) is 3.18. The number of hydrogen-bond donors (Lipinski definition) is 2. The van der Waals surface area contributed by atoms with E-state index in [1.165, 1.54) is 4.88 Å². The molecule has 11 heteroatoms. The van der Waals surface area contributed by atoms with Crippen LogP contribution in [0.2, 0.25) is 0 Å². The fourth-order valence-corrected chi connectivity index (χ4v) is 4.11. The Morgan fingerprint density at radius 1 is 1.13 bits per heavy atom. The van der Waals surface area contributed by atoms with E-state index in [9.17, 15) is 0 Å². The third-order valence-electron chi connectivity index (χ3n) is 5.31. The van der Waals surface area contributed by atoms with Crippen molar-refractivity contribution < 1.29 is 4.74 Å². The van der Waals surface area contributed by atoms with E-state index >= 15 is 0 Å². The van der Waals surface area contributed by atoms with Gasteiger partial charge in [0.1, 0.15) is 12.4 Å². The topological polar surface area (TPSA) is 92.5 Å². The molecule has 1 aliphatic heterocycles. The van der Waals surface area contributed by atoms with Crippen LogP contribution in [0.25, 0.3) is 0 Å². The molecule has 3 rings (SSSR count). The molecule has 174 valence electrons. The molecule has 1 fully saturated rings. The molecular formula is C20H35IN8OS. The van der Waals surface area contributed by atoms with Crippen molar-refractivity contribution in [3.05, 3.63) is 27.2 Å². The minimum atomic E-state index is 0. The third kappa shape index (κ3) is 8.28. The van der Waals surface area contributed by atoms with Gasteiger partial charge in [-0.1, -0.05) is 0 Å². The molecule has 0 unspecified atom stereocenters. The highest BCUT2D eigenvalue weighted by molar-refractivity contribution is 14.0. The average Bonchev–Trinajstić information content (AvgIpc) is 3.24. The standard InChI is InChI=1S/C20H34N8OS.HI/c1-15-16(2)30-19(24-15)6-8-22-20(23-14-18-26-25-17(3)27(18)4)21-7-5-9-28-10-12-29-13-11-28;/h5-14H2,1-4H3,(H2,21,22,23);1H. The van der Waals surface area contributed by atoms with Crippen LogP contribution in [0.3, 0.4) is 0 Å². The number of hydrogen-bond acceptors (Lipinski definition) is 7. The Morgan fingerprint density at radius 2 is 1.87 bits per heavy atom. The van der Waals surface area contributed by atoms with Crippen LogP contribution in [0.5, 0.6) is 0 Å². The Morgan fingerprint density at radius 3 is 2.52 bits per heavy atom. The molecule has 0 spiro atoms. The summed E-state index contributed by atoms with van der Waals surface area (Å²) in [6.07, 6.45) is 1.95. The van der Waals surface area contributed by atoms with Gasteiger partial charge in [0.25, 0.3) is 0 Å². The molecule has 0 atom stereocenters. The van der Waals surface area contributed by atoms with Crippen LogP contribution in [0.1, 0.15) is 33.6 Å². The van der Waals surface area contributed by atoms with Gasteiger partial charge in [-0.15, -0.1) is 45.5 Å². The number of ether oxygens (including phenoxy) is 1. The first-order chi connectivity index (χ1) is 14.5. The average molecular weight is 563 g/mol. The number of rotatable bonds is 9. The lowest BCUT2D eigenvalue weighted by molar-refractivity contribution is 0.0376. The van der Waals surface area contributed by atoms with Gasteiger partial charge in [-0.2, -0.15) is 0 Å². The van der Waals surface area contributed by atoms with Crippen LogP contribution in [0.15, 0.2) is 4.99 Å². The van der Waals surface area contributed by atoms with E-state index in [4.69, 9.17) is 9.73 Å². The second kappa shape index (κ2) is 13.3. The summed E-state index contributed by atoms with van der Waals surface area (Å²) in [4.78, 5) is 13.1. The van der Waals surface area contributed by atoms with Crippen molar-refractivity contribution >= 4 is 41.3 Å². The monoisotopic (exact) mass is 562 g/mol. The van der Waals surface area contributed by atoms with E-state index in [0.29, 0.717) is 6.54 Å². The zero-order valence-electron chi connectivity index (χ0n) is 19.0. The maximum absolute atomic E-state index is 5.42. The Balaban J connectivity index is 0.00000341. The van der Waals surface area contributed by atoms with Gasteiger partial charge in [0.05, 0.1) is 23.9 Å². The summed E-state index contributed by atoms with van der Waals surface area (Å²) in [5.74, 6) is 2.55. The lowest BCUT2D eigenvalue weighted by Crippen LogP contribution is -2.41. The van der Waals surface area contributed by atoms with Gasteiger partial charge in [-0.25, -0.2) is 9.98 Å². The van der Waals surface area contributed by atoms with Gasteiger partial charge < -0.3 is 19.9 Å². The zero-order valence-corrected chi connectivity index (χ0v) is 22.1. The lowest BCUT2D eigenvalue weighted by atomic mass is 10.3. The van der Waals surface area contributed by atoms with Gasteiger partial charge in [0, 0.05) is 44.5 Å².